The van der Waals surface area contributed by atoms with Gasteiger partial charge in [0.25, 0.3) is 0 Å². The van der Waals surface area contributed by atoms with Gasteiger partial charge in [-0.15, -0.1) is 0 Å². The fourth-order valence-electron chi connectivity index (χ4n) is 3.72. The Kier molecular flexibility index (Phi) is 4.55. The van der Waals surface area contributed by atoms with Crippen LogP contribution >= 0.6 is 0 Å². The van der Waals surface area contributed by atoms with Gasteiger partial charge in [-0.25, -0.2) is 0 Å². The van der Waals surface area contributed by atoms with E-state index >= 15 is 0 Å². The van der Waals surface area contributed by atoms with Crippen molar-refractivity contribution in [3.05, 3.63) is 65.7 Å². The first kappa shape index (κ1) is 16.7. The van der Waals surface area contributed by atoms with Gasteiger partial charge in [-0.1, -0.05) is 42.5 Å². The summed E-state index contributed by atoms with van der Waals surface area (Å²) in [5.41, 5.74) is 0.402. The molecule has 124 valence electrons. The van der Waals surface area contributed by atoms with Crippen molar-refractivity contribution in [3.8, 4) is 17.9 Å². The van der Waals surface area contributed by atoms with Crippen LogP contribution in [0, 0.1) is 28.1 Å². The van der Waals surface area contributed by atoms with Gasteiger partial charge in [0.1, 0.15) is 11.5 Å². The maximum Gasteiger partial charge on any atom is 0.158 e. The first-order chi connectivity index (χ1) is 12.1. The highest BCUT2D eigenvalue weighted by Crippen LogP contribution is 2.53. The SMILES string of the molecule is COc1ccc([C@H]2CC(=O)C[C@H](c3ccccc3)C2(C#N)C#N)cc1. The summed E-state index contributed by atoms with van der Waals surface area (Å²) in [6.07, 6.45) is 0.425. The van der Waals surface area contributed by atoms with Gasteiger partial charge in [-0.05, 0) is 23.3 Å². The van der Waals surface area contributed by atoms with Crippen molar-refractivity contribution in [2.45, 2.75) is 24.7 Å². The average molecular weight is 330 g/mol. The molecule has 0 aromatic heterocycles. The highest BCUT2D eigenvalue weighted by molar-refractivity contribution is 5.82. The van der Waals surface area contributed by atoms with Crippen LogP contribution in [-0.2, 0) is 4.79 Å². The topological polar surface area (TPSA) is 73.9 Å². The number of hydrogen-bond donors (Lipinski definition) is 0. The third-order valence-corrected chi connectivity index (χ3v) is 5.05. The third-order valence-electron chi connectivity index (χ3n) is 5.05. The van der Waals surface area contributed by atoms with E-state index in [1.807, 2.05) is 42.5 Å². The molecule has 1 aliphatic rings. The number of nitrogens with zero attached hydrogens (tertiary/aromatic N) is 2. The number of hydrogen-bond acceptors (Lipinski definition) is 4. The van der Waals surface area contributed by atoms with E-state index < -0.39 is 17.3 Å². The fourth-order valence-corrected chi connectivity index (χ4v) is 3.72. The zero-order valence-electron chi connectivity index (χ0n) is 14.0. The number of benzene rings is 2. The van der Waals surface area contributed by atoms with Gasteiger partial charge in [-0.3, -0.25) is 4.79 Å². The summed E-state index contributed by atoms with van der Waals surface area (Å²) >= 11 is 0. The molecule has 4 nitrogen and oxygen atoms in total. The number of nitriles is 2. The number of ether oxygens (including phenoxy) is 1. The molecule has 0 heterocycles. The molecular formula is C21H18N2O2. The molecule has 0 amide bonds. The van der Waals surface area contributed by atoms with Crippen LogP contribution in [0.2, 0.25) is 0 Å². The molecule has 4 heteroatoms. The van der Waals surface area contributed by atoms with Crippen LogP contribution in [0.15, 0.2) is 54.6 Å². The maximum absolute atomic E-state index is 12.4. The average Bonchev–Trinajstić information content (AvgIpc) is 2.68. The lowest BCUT2D eigenvalue weighted by molar-refractivity contribution is -0.122. The third kappa shape index (κ3) is 2.88. The summed E-state index contributed by atoms with van der Waals surface area (Å²) in [6, 6.07) is 21.2. The number of ketones is 1. The van der Waals surface area contributed by atoms with E-state index in [9.17, 15) is 15.3 Å². The molecular weight excluding hydrogens is 312 g/mol. The van der Waals surface area contributed by atoms with Crippen LogP contribution in [0.3, 0.4) is 0 Å². The van der Waals surface area contributed by atoms with Crippen LogP contribution in [0.4, 0.5) is 0 Å². The normalized spacial score (nSPS) is 21.8. The lowest BCUT2D eigenvalue weighted by atomic mass is 9.57. The van der Waals surface area contributed by atoms with E-state index in [0.29, 0.717) is 5.75 Å². The van der Waals surface area contributed by atoms with Crippen molar-refractivity contribution in [1.82, 2.24) is 0 Å². The highest BCUT2D eigenvalue weighted by Gasteiger charge is 2.52. The molecule has 0 bridgehead atoms. The molecule has 0 saturated heterocycles. The summed E-state index contributed by atoms with van der Waals surface area (Å²) in [6.45, 7) is 0. The Labute approximate surface area is 147 Å². The second-order valence-corrected chi connectivity index (χ2v) is 6.33. The predicted molar refractivity (Wildman–Crippen MR) is 92.8 cm³/mol. The fraction of sp³-hybridized carbons (Fsp3) is 0.286. The molecule has 2 atom stereocenters. The minimum atomic E-state index is -1.27. The van der Waals surface area contributed by atoms with E-state index in [-0.39, 0.29) is 18.6 Å². The van der Waals surface area contributed by atoms with Gasteiger partial charge in [0, 0.05) is 24.7 Å². The Morgan fingerprint density at radius 2 is 1.44 bits per heavy atom. The van der Waals surface area contributed by atoms with Gasteiger partial charge in [0.2, 0.25) is 0 Å². The molecule has 2 aromatic rings. The van der Waals surface area contributed by atoms with Crippen LogP contribution in [0.5, 0.6) is 5.75 Å². The molecule has 0 spiro atoms. The van der Waals surface area contributed by atoms with Crippen molar-refractivity contribution < 1.29 is 9.53 Å². The van der Waals surface area contributed by atoms with Crippen LogP contribution in [0.25, 0.3) is 0 Å². The molecule has 2 aromatic carbocycles. The Hall–Kier alpha value is -3.11. The second kappa shape index (κ2) is 6.79. The Morgan fingerprint density at radius 3 is 1.92 bits per heavy atom. The number of Topliss-reactive ketones (excluding diaryl/α,β-unsaturated/α-hetero) is 1. The Balaban J connectivity index is 2.11. The standard InChI is InChI=1S/C21H18N2O2/c1-25-18-9-7-16(8-10-18)20-12-17(24)11-19(21(20,13-22)14-23)15-5-3-2-4-6-15/h2-10,19-20H,11-12H2,1H3/t19-,20-/m1/s1. The van der Waals surface area contributed by atoms with Crippen LogP contribution < -0.4 is 4.74 Å². The number of methoxy groups -OCH3 is 1. The Bertz CT molecular complexity index is 830. The highest BCUT2D eigenvalue weighted by atomic mass is 16.5. The van der Waals surface area contributed by atoms with Crippen molar-refractivity contribution in [2.24, 2.45) is 5.41 Å². The minimum absolute atomic E-state index is 0.0794. The van der Waals surface area contributed by atoms with Crippen LogP contribution in [-0.4, -0.2) is 12.9 Å². The van der Waals surface area contributed by atoms with Gasteiger partial charge in [-0.2, -0.15) is 10.5 Å². The van der Waals surface area contributed by atoms with E-state index in [0.717, 1.165) is 11.1 Å². The van der Waals surface area contributed by atoms with E-state index in [4.69, 9.17) is 4.74 Å². The number of carbonyl (C=O) groups excluding carboxylic acids is 1. The van der Waals surface area contributed by atoms with Crippen molar-refractivity contribution in [3.63, 3.8) is 0 Å². The summed E-state index contributed by atoms with van der Waals surface area (Å²) in [5.74, 6) is -0.113. The van der Waals surface area contributed by atoms with Gasteiger partial charge >= 0.3 is 0 Å². The molecule has 1 fully saturated rings. The van der Waals surface area contributed by atoms with Crippen molar-refractivity contribution in [2.75, 3.05) is 7.11 Å². The molecule has 0 N–H and O–H groups in total. The molecule has 1 saturated carbocycles. The minimum Gasteiger partial charge on any atom is -0.497 e. The maximum atomic E-state index is 12.4. The van der Waals surface area contributed by atoms with Gasteiger partial charge in [0.15, 0.2) is 5.41 Å². The largest absolute Gasteiger partial charge is 0.497 e. The number of carbonyl (C=O) groups is 1. The summed E-state index contributed by atoms with van der Waals surface area (Å²) in [5, 5.41) is 20.0. The van der Waals surface area contributed by atoms with Crippen molar-refractivity contribution in [1.29, 1.82) is 10.5 Å². The first-order valence-electron chi connectivity index (χ1n) is 8.17. The molecule has 0 aliphatic heterocycles. The summed E-state index contributed by atoms with van der Waals surface area (Å²) in [4.78, 5) is 12.4. The summed E-state index contributed by atoms with van der Waals surface area (Å²) in [7, 11) is 1.58. The van der Waals surface area contributed by atoms with Gasteiger partial charge < -0.3 is 4.74 Å². The molecule has 0 unspecified atom stereocenters. The van der Waals surface area contributed by atoms with Gasteiger partial charge in [0.05, 0.1) is 19.2 Å². The van der Waals surface area contributed by atoms with E-state index in [1.165, 1.54) is 0 Å². The monoisotopic (exact) mass is 330 g/mol. The molecule has 3 rings (SSSR count). The molecule has 1 aliphatic carbocycles. The smallest absolute Gasteiger partial charge is 0.158 e. The van der Waals surface area contributed by atoms with E-state index in [2.05, 4.69) is 12.1 Å². The predicted octanol–water partition coefficient (Wildman–Crippen LogP) is 3.96. The molecule has 0 radical (unpaired) electrons. The lowest BCUT2D eigenvalue weighted by Gasteiger charge is -2.40. The number of rotatable bonds is 3. The summed E-state index contributed by atoms with van der Waals surface area (Å²) < 4.78 is 5.18. The zero-order valence-corrected chi connectivity index (χ0v) is 14.0. The second-order valence-electron chi connectivity index (χ2n) is 6.33. The van der Waals surface area contributed by atoms with Crippen LogP contribution in [0.1, 0.15) is 35.8 Å². The molecule has 25 heavy (non-hydrogen) atoms. The zero-order chi connectivity index (χ0) is 17.9. The Morgan fingerprint density at radius 1 is 0.920 bits per heavy atom. The lowest BCUT2D eigenvalue weighted by Crippen LogP contribution is -2.39. The van der Waals surface area contributed by atoms with Crippen molar-refractivity contribution >= 4 is 5.78 Å². The first-order valence-corrected chi connectivity index (χ1v) is 8.17. The quantitative estimate of drug-likeness (QED) is 0.854. The van der Waals surface area contributed by atoms with E-state index in [1.54, 1.807) is 19.2 Å².